The van der Waals surface area contributed by atoms with Gasteiger partial charge in [0.1, 0.15) is 11.9 Å². The van der Waals surface area contributed by atoms with Crippen LogP contribution in [0.2, 0.25) is 0 Å². The van der Waals surface area contributed by atoms with Crippen molar-refractivity contribution in [2.24, 2.45) is 0 Å². The second kappa shape index (κ2) is 4.31. The molecule has 0 unspecified atom stereocenters. The summed E-state index contributed by atoms with van der Waals surface area (Å²) >= 11 is 0. The SMILES string of the molecule is Cc1ccc(-n2cnc3c(=O)oc4ccccc4c32)cc1. The van der Waals surface area contributed by atoms with Crippen LogP contribution in [0.4, 0.5) is 0 Å². The van der Waals surface area contributed by atoms with E-state index in [2.05, 4.69) is 4.98 Å². The first kappa shape index (κ1) is 11.9. The summed E-state index contributed by atoms with van der Waals surface area (Å²) in [6.07, 6.45) is 1.67. The van der Waals surface area contributed by atoms with Crippen LogP contribution in [0.15, 0.2) is 64.1 Å². The molecule has 0 saturated heterocycles. The summed E-state index contributed by atoms with van der Waals surface area (Å²) in [7, 11) is 0. The fraction of sp³-hybridized carbons (Fsp3) is 0.0588. The van der Waals surface area contributed by atoms with E-state index in [9.17, 15) is 4.79 Å². The van der Waals surface area contributed by atoms with E-state index >= 15 is 0 Å². The predicted molar refractivity (Wildman–Crippen MR) is 81.8 cm³/mol. The molecule has 102 valence electrons. The van der Waals surface area contributed by atoms with Crippen molar-refractivity contribution in [3.8, 4) is 5.69 Å². The third-order valence-corrected chi connectivity index (χ3v) is 3.62. The van der Waals surface area contributed by atoms with Crippen LogP contribution in [-0.2, 0) is 0 Å². The van der Waals surface area contributed by atoms with Gasteiger partial charge in [0.2, 0.25) is 0 Å². The molecule has 0 radical (unpaired) electrons. The molecule has 0 bridgehead atoms. The van der Waals surface area contributed by atoms with Crippen LogP contribution in [0.3, 0.4) is 0 Å². The molecule has 4 heteroatoms. The minimum Gasteiger partial charge on any atom is -0.421 e. The topological polar surface area (TPSA) is 48.0 Å². The summed E-state index contributed by atoms with van der Waals surface area (Å²) in [4.78, 5) is 16.3. The van der Waals surface area contributed by atoms with E-state index in [1.807, 2.05) is 54.0 Å². The zero-order valence-electron chi connectivity index (χ0n) is 11.4. The average Bonchev–Trinajstić information content (AvgIpc) is 2.94. The molecule has 0 aliphatic carbocycles. The van der Waals surface area contributed by atoms with Gasteiger partial charge in [-0.15, -0.1) is 0 Å². The van der Waals surface area contributed by atoms with Crippen LogP contribution in [-0.4, -0.2) is 9.55 Å². The first-order valence-corrected chi connectivity index (χ1v) is 6.70. The third-order valence-electron chi connectivity index (χ3n) is 3.62. The van der Waals surface area contributed by atoms with Gasteiger partial charge in [0.25, 0.3) is 0 Å². The van der Waals surface area contributed by atoms with Crippen molar-refractivity contribution in [1.29, 1.82) is 0 Å². The van der Waals surface area contributed by atoms with Crippen molar-refractivity contribution in [3.63, 3.8) is 0 Å². The van der Waals surface area contributed by atoms with Crippen LogP contribution >= 0.6 is 0 Å². The molecule has 4 nitrogen and oxygen atoms in total. The lowest BCUT2D eigenvalue weighted by atomic mass is 10.2. The van der Waals surface area contributed by atoms with Crippen LogP contribution in [0.25, 0.3) is 27.7 Å². The number of aromatic nitrogens is 2. The zero-order chi connectivity index (χ0) is 14.4. The summed E-state index contributed by atoms with van der Waals surface area (Å²) in [6.45, 7) is 2.04. The van der Waals surface area contributed by atoms with Gasteiger partial charge in [0.15, 0.2) is 5.52 Å². The lowest BCUT2D eigenvalue weighted by Crippen LogP contribution is -2.01. The average molecular weight is 276 g/mol. The molecule has 4 rings (SSSR count). The van der Waals surface area contributed by atoms with Gasteiger partial charge in [-0.1, -0.05) is 29.8 Å². The smallest absolute Gasteiger partial charge is 0.364 e. The Kier molecular flexibility index (Phi) is 2.44. The highest BCUT2D eigenvalue weighted by molar-refractivity contribution is 6.01. The third kappa shape index (κ3) is 1.76. The van der Waals surface area contributed by atoms with Crippen molar-refractivity contribution in [2.75, 3.05) is 0 Å². The van der Waals surface area contributed by atoms with Gasteiger partial charge in [-0.25, -0.2) is 9.78 Å². The van der Waals surface area contributed by atoms with Gasteiger partial charge in [-0.05, 0) is 31.2 Å². The van der Waals surface area contributed by atoms with Gasteiger partial charge in [-0.3, -0.25) is 4.57 Å². The van der Waals surface area contributed by atoms with Crippen molar-refractivity contribution in [3.05, 3.63) is 70.8 Å². The number of hydrogen-bond acceptors (Lipinski definition) is 3. The number of hydrogen-bond donors (Lipinski definition) is 0. The van der Waals surface area contributed by atoms with E-state index in [0.29, 0.717) is 11.1 Å². The quantitative estimate of drug-likeness (QED) is 0.500. The molecule has 0 amide bonds. The first-order chi connectivity index (χ1) is 10.2. The minimum atomic E-state index is -0.408. The highest BCUT2D eigenvalue weighted by Gasteiger charge is 2.13. The lowest BCUT2D eigenvalue weighted by Gasteiger charge is -2.06. The van der Waals surface area contributed by atoms with E-state index in [1.165, 1.54) is 5.56 Å². The van der Waals surface area contributed by atoms with Crippen molar-refractivity contribution in [1.82, 2.24) is 9.55 Å². The Labute approximate surface area is 120 Å². The first-order valence-electron chi connectivity index (χ1n) is 6.70. The number of rotatable bonds is 1. The molecule has 0 N–H and O–H groups in total. The number of fused-ring (bicyclic) bond motifs is 3. The summed E-state index contributed by atoms with van der Waals surface area (Å²) in [5, 5.41) is 0.880. The van der Waals surface area contributed by atoms with E-state index in [0.717, 1.165) is 16.6 Å². The molecule has 2 aromatic heterocycles. The largest absolute Gasteiger partial charge is 0.421 e. The Bertz CT molecular complexity index is 1010. The normalized spacial score (nSPS) is 11.3. The van der Waals surface area contributed by atoms with Gasteiger partial charge in [-0.2, -0.15) is 0 Å². The summed E-state index contributed by atoms with van der Waals surface area (Å²) in [5.41, 5.74) is 3.46. The predicted octanol–water partition coefficient (Wildman–Crippen LogP) is 3.44. The number of nitrogens with zero attached hydrogens (tertiary/aromatic N) is 2. The molecule has 4 aromatic rings. The molecule has 0 aliphatic heterocycles. The molecule has 0 saturated carbocycles. The van der Waals surface area contributed by atoms with Crippen LogP contribution in [0.5, 0.6) is 0 Å². The molecular formula is C17H12N2O2. The Hall–Kier alpha value is -2.88. The maximum atomic E-state index is 12.0. The number of imidazole rings is 1. The summed E-state index contributed by atoms with van der Waals surface area (Å²) in [5.74, 6) is 0. The Morgan fingerprint density at radius 1 is 1.05 bits per heavy atom. The molecule has 0 fully saturated rings. The van der Waals surface area contributed by atoms with Crippen molar-refractivity contribution < 1.29 is 4.42 Å². The zero-order valence-corrected chi connectivity index (χ0v) is 11.4. The molecule has 0 spiro atoms. The maximum absolute atomic E-state index is 12.0. The molecule has 2 heterocycles. The molecule has 0 aliphatic rings. The number of para-hydroxylation sites is 1. The highest BCUT2D eigenvalue weighted by atomic mass is 16.4. The number of aryl methyl sites for hydroxylation is 1. The van der Waals surface area contributed by atoms with Crippen LogP contribution in [0, 0.1) is 6.92 Å². The monoisotopic (exact) mass is 276 g/mol. The van der Waals surface area contributed by atoms with Gasteiger partial charge >= 0.3 is 5.63 Å². The van der Waals surface area contributed by atoms with E-state index < -0.39 is 5.63 Å². The fourth-order valence-corrected chi connectivity index (χ4v) is 2.56. The van der Waals surface area contributed by atoms with Gasteiger partial charge in [0.05, 0.1) is 5.52 Å². The molecular weight excluding hydrogens is 264 g/mol. The van der Waals surface area contributed by atoms with Gasteiger partial charge < -0.3 is 4.42 Å². The Morgan fingerprint density at radius 3 is 2.62 bits per heavy atom. The second-order valence-electron chi connectivity index (χ2n) is 5.03. The number of benzene rings is 2. The minimum absolute atomic E-state index is 0.356. The lowest BCUT2D eigenvalue weighted by molar-refractivity contribution is 0.568. The second-order valence-corrected chi connectivity index (χ2v) is 5.03. The standard InChI is InChI=1S/C17H12N2O2/c1-11-6-8-12(9-7-11)19-10-18-15-16(19)13-4-2-3-5-14(13)21-17(15)20/h2-10H,1H3. The highest BCUT2D eigenvalue weighted by Crippen LogP contribution is 2.24. The Morgan fingerprint density at radius 2 is 1.81 bits per heavy atom. The summed E-state index contributed by atoms with van der Waals surface area (Å²) < 4.78 is 7.24. The Balaban J connectivity index is 2.15. The van der Waals surface area contributed by atoms with E-state index in [4.69, 9.17) is 4.42 Å². The van der Waals surface area contributed by atoms with Crippen molar-refractivity contribution in [2.45, 2.75) is 6.92 Å². The maximum Gasteiger partial charge on any atom is 0.364 e. The van der Waals surface area contributed by atoms with Crippen LogP contribution < -0.4 is 5.63 Å². The molecule has 2 aromatic carbocycles. The van der Waals surface area contributed by atoms with Gasteiger partial charge in [0, 0.05) is 11.1 Å². The van der Waals surface area contributed by atoms with Crippen molar-refractivity contribution >= 4 is 22.0 Å². The molecule has 21 heavy (non-hydrogen) atoms. The molecule has 0 atom stereocenters. The van der Waals surface area contributed by atoms with E-state index in [-0.39, 0.29) is 0 Å². The summed E-state index contributed by atoms with van der Waals surface area (Å²) in [6, 6.07) is 15.6. The van der Waals surface area contributed by atoms with Crippen LogP contribution in [0.1, 0.15) is 5.56 Å². The fourth-order valence-electron chi connectivity index (χ4n) is 2.56. The van der Waals surface area contributed by atoms with E-state index in [1.54, 1.807) is 12.4 Å².